The number of hydrogen-bond acceptors (Lipinski definition) is 3. The fraction of sp³-hybridized carbons (Fsp3) is 0.222. The molecule has 1 atom stereocenters. The van der Waals surface area contributed by atoms with Crippen LogP contribution >= 0.6 is 0 Å². The van der Waals surface area contributed by atoms with E-state index >= 15 is 0 Å². The van der Waals surface area contributed by atoms with Gasteiger partial charge in [-0.25, -0.2) is 0 Å². The number of likely N-dealkylation sites (tertiary alicyclic amines) is 1. The summed E-state index contributed by atoms with van der Waals surface area (Å²) < 4.78 is 0. The molecule has 0 bridgehead atoms. The van der Waals surface area contributed by atoms with Gasteiger partial charge in [0.15, 0.2) is 0 Å². The molecule has 1 aliphatic rings. The van der Waals surface area contributed by atoms with Gasteiger partial charge in [0.25, 0.3) is 5.91 Å². The SMILES string of the molecule is Cc1cccc(N[C@H]2CC(=O)N(Cc3ccccc3)C2=O)c1. The largest absolute Gasteiger partial charge is 0.373 e. The molecule has 1 saturated heterocycles. The van der Waals surface area contributed by atoms with E-state index < -0.39 is 6.04 Å². The lowest BCUT2D eigenvalue weighted by atomic mass is 10.2. The van der Waals surface area contributed by atoms with Gasteiger partial charge >= 0.3 is 0 Å². The van der Waals surface area contributed by atoms with Crippen LogP contribution in [0.4, 0.5) is 5.69 Å². The fourth-order valence-electron chi connectivity index (χ4n) is 2.66. The molecule has 1 aliphatic heterocycles. The highest BCUT2D eigenvalue weighted by atomic mass is 16.2. The predicted octanol–water partition coefficient (Wildman–Crippen LogP) is 2.73. The summed E-state index contributed by atoms with van der Waals surface area (Å²) >= 11 is 0. The van der Waals surface area contributed by atoms with Crippen LogP contribution in [0.2, 0.25) is 0 Å². The molecule has 2 amide bonds. The summed E-state index contributed by atoms with van der Waals surface area (Å²) in [5, 5.41) is 3.17. The number of carbonyl (C=O) groups is 2. The van der Waals surface area contributed by atoms with Gasteiger partial charge in [0.05, 0.1) is 13.0 Å². The Morgan fingerprint density at radius 3 is 2.59 bits per heavy atom. The number of imide groups is 1. The number of rotatable bonds is 4. The molecule has 4 heteroatoms. The first-order chi connectivity index (χ1) is 10.6. The summed E-state index contributed by atoms with van der Waals surface area (Å²) in [6.07, 6.45) is 0.208. The average Bonchev–Trinajstić information content (AvgIpc) is 2.76. The van der Waals surface area contributed by atoms with Crippen molar-refractivity contribution >= 4 is 17.5 Å². The minimum absolute atomic E-state index is 0.126. The molecular weight excluding hydrogens is 276 g/mol. The van der Waals surface area contributed by atoms with E-state index in [1.165, 1.54) is 4.90 Å². The normalized spacial score (nSPS) is 17.9. The van der Waals surface area contributed by atoms with E-state index in [9.17, 15) is 9.59 Å². The van der Waals surface area contributed by atoms with Gasteiger partial charge < -0.3 is 5.32 Å². The molecule has 4 nitrogen and oxygen atoms in total. The number of aryl methyl sites for hydroxylation is 1. The van der Waals surface area contributed by atoms with E-state index in [0.717, 1.165) is 16.8 Å². The number of anilines is 1. The first kappa shape index (κ1) is 14.3. The molecule has 0 aromatic heterocycles. The number of carbonyl (C=O) groups excluding carboxylic acids is 2. The van der Waals surface area contributed by atoms with Gasteiger partial charge in [-0.2, -0.15) is 0 Å². The zero-order valence-electron chi connectivity index (χ0n) is 12.5. The number of amides is 2. The molecule has 0 unspecified atom stereocenters. The molecule has 0 radical (unpaired) electrons. The van der Waals surface area contributed by atoms with Crippen molar-refractivity contribution in [2.24, 2.45) is 0 Å². The second kappa shape index (κ2) is 6.02. The van der Waals surface area contributed by atoms with Crippen LogP contribution in [0.25, 0.3) is 0 Å². The molecular formula is C18H18N2O2. The molecule has 1 N–H and O–H groups in total. The lowest BCUT2D eigenvalue weighted by Crippen LogP contribution is -2.34. The third kappa shape index (κ3) is 3.01. The minimum atomic E-state index is -0.474. The van der Waals surface area contributed by atoms with Gasteiger partial charge in [0.2, 0.25) is 5.91 Å². The average molecular weight is 294 g/mol. The Morgan fingerprint density at radius 1 is 1.09 bits per heavy atom. The van der Waals surface area contributed by atoms with Crippen molar-refractivity contribution in [3.05, 3.63) is 65.7 Å². The summed E-state index contributed by atoms with van der Waals surface area (Å²) in [5.74, 6) is -0.283. The number of nitrogens with zero attached hydrogens (tertiary/aromatic N) is 1. The molecule has 1 fully saturated rings. The molecule has 3 rings (SSSR count). The molecule has 0 aliphatic carbocycles. The Balaban J connectivity index is 1.71. The highest BCUT2D eigenvalue weighted by Crippen LogP contribution is 2.21. The van der Waals surface area contributed by atoms with Gasteiger partial charge in [0.1, 0.15) is 6.04 Å². The quantitative estimate of drug-likeness (QED) is 0.882. The van der Waals surface area contributed by atoms with Crippen LogP contribution in [0.1, 0.15) is 17.5 Å². The Kier molecular flexibility index (Phi) is 3.92. The molecule has 1 heterocycles. The van der Waals surface area contributed by atoms with Crippen molar-refractivity contribution in [1.82, 2.24) is 4.90 Å². The van der Waals surface area contributed by atoms with Crippen LogP contribution in [-0.4, -0.2) is 22.8 Å². The zero-order chi connectivity index (χ0) is 15.5. The molecule has 0 saturated carbocycles. The molecule has 112 valence electrons. The highest BCUT2D eigenvalue weighted by molar-refractivity contribution is 6.06. The fourth-order valence-corrected chi connectivity index (χ4v) is 2.66. The van der Waals surface area contributed by atoms with Crippen LogP contribution in [0.15, 0.2) is 54.6 Å². The Morgan fingerprint density at radius 2 is 1.86 bits per heavy atom. The van der Waals surface area contributed by atoms with Crippen molar-refractivity contribution < 1.29 is 9.59 Å². The number of hydrogen-bond donors (Lipinski definition) is 1. The second-order valence-electron chi connectivity index (χ2n) is 5.57. The summed E-state index contributed by atoms with van der Waals surface area (Å²) in [7, 11) is 0. The third-order valence-corrected chi connectivity index (χ3v) is 3.79. The van der Waals surface area contributed by atoms with E-state index in [1.807, 2.05) is 61.5 Å². The van der Waals surface area contributed by atoms with Gasteiger partial charge in [-0.1, -0.05) is 42.5 Å². The number of nitrogens with one attached hydrogen (secondary N) is 1. The van der Waals surface area contributed by atoms with E-state index in [4.69, 9.17) is 0 Å². The molecule has 2 aromatic carbocycles. The summed E-state index contributed by atoms with van der Waals surface area (Å²) in [4.78, 5) is 25.9. The van der Waals surface area contributed by atoms with Crippen molar-refractivity contribution in [2.75, 3.05) is 5.32 Å². The molecule has 2 aromatic rings. The topological polar surface area (TPSA) is 49.4 Å². The number of benzene rings is 2. The predicted molar refractivity (Wildman–Crippen MR) is 85.2 cm³/mol. The minimum Gasteiger partial charge on any atom is -0.373 e. The standard InChI is InChI=1S/C18H18N2O2/c1-13-6-5-9-15(10-13)19-16-11-17(21)20(18(16)22)12-14-7-3-2-4-8-14/h2-10,16,19H,11-12H2,1H3/t16-/m0/s1. The van der Waals surface area contributed by atoms with E-state index in [1.54, 1.807) is 0 Å². The first-order valence-corrected chi connectivity index (χ1v) is 7.35. The third-order valence-electron chi connectivity index (χ3n) is 3.79. The summed E-state index contributed by atoms with van der Waals surface area (Å²) in [5.41, 5.74) is 2.94. The van der Waals surface area contributed by atoms with Gasteiger partial charge in [-0.15, -0.1) is 0 Å². The lowest BCUT2D eigenvalue weighted by Gasteiger charge is -2.16. The van der Waals surface area contributed by atoms with E-state index in [-0.39, 0.29) is 18.2 Å². The summed E-state index contributed by atoms with van der Waals surface area (Å²) in [6, 6.07) is 16.9. The van der Waals surface area contributed by atoms with E-state index in [2.05, 4.69) is 5.32 Å². The second-order valence-corrected chi connectivity index (χ2v) is 5.57. The Hall–Kier alpha value is -2.62. The summed E-state index contributed by atoms with van der Waals surface area (Å²) in [6.45, 7) is 2.33. The zero-order valence-corrected chi connectivity index (χ0v) is 12.5. The maximum absolute atomic E-state index is 12.5. The van der Waals surface area contributed by atoms with Crippen molar-refractivity contribution in [3.63, 3.8) is 0 Å². The molecule has 0 spiro atoms. The Bertz CT molecular complexity index is 697. The highest BCUT2D eigenvalue weighted by Gasteiger charge is 2.38. The monoisotopic (exact) mass is 294 g/mol. The van der Waals surface area contributed by atoms with Crippen LogP contribution < -0.4 is 5.32 Å². The van der Waals surface area contributed by atoms with Crippen molar-refractivity contribution in [2.45, 2.75) is 25.9 Å². The van der Waals surface area contributed by atoms with E-state index in [0.29, 0.717) is 6.54 Å². The van der Waals surface area contributed by atoms with Crippen LogP contribution in [0.5, 0.6) is 0 Å². The molecule has 22 heavy (non-hydrogen) atoms. The lowest BCUT2D eigenvalue weighted by molar-refractivity contribution is -0.139. The Labute approximate surface area is 129 Å². The van der Waals surface area contributed by atoms with Crippen LogP contribution in [0, 0.1) is 6.92 Å². The van der Waals surface area contributed by atoms with Crippen LogP contribution in [-0.2, 0) is 16.1 Å². The van der Waals surface area contributed by atoms with Gasteiger partial charge in [0, 0.05) is 5.69 Å². The maximum Gasteiger partial charge on any atom is 0.252 e. The van der Waals surface area contributed by atoms with Gasteiger partial charge in [-0.3, -0.25) is 14.5 Å². The van der Waals surface area contributed by atoms with Crippen molar-refractivity contribution in [1.29, 1.82) is 0 Å². The van der Waals surface area contributed by atoms with Gasteiger partial charge in [-0.05, 0) is 30.2 Å². The van der Waals surface area contributed by atoms with Crippen LogP contribution in [0.3, 0.4) is 0 Å². The first-order valence-electron chi connectivity index (χ1n) is 7.35. The maximum atomic E-state index is 12.5. The smallest absolute Gasteiger partial charge is 0.252 e. The van der Waals surface area contributed by atoms with Crippen molar-refractivity contribution in [3.8, 4) is 0 Å².